The van der Waals surface area contributed by atoms with Gasteiger partial charge in [-0.2, -0.15) is 0 Å². The first-order chi connectivity index (χ1) is 6.11. The van der Waals surface area contributed by atoms with Crippen LogP contribution in [0.15, 0.2) is 6.07 Å². The summed E-state index contributed by atoms with van der Waals surface area (Å²) in [5.41, 5.74) is 0.903. The van der Waals surface area contributed by atoms with Gasteiger partial charge >= 0.3 is 5.97 Å². The molecule has 1 aliphatic heterocycles. The third-order valence-corrected chi connectivity index (χ3v) is 2.95. The summed E-state index contributed by atoms with van der Waals surface area (Å²) in [6.07, 6.45) is 0. The van der Waals surface area contributed by atoms with Crippen LogP contribution in [0.5, 0.6) is 0 Å². The van der Waals surface area contributed by atoms with Crippen molar-refractivity contribution in [1.82, 2.24) is 0 Å². The lowest BCUT2D eigenvalue weighted by Crippen LogP contribution is -1.95. The molecule has 5 heteroatoms. The number of carbonyl (C=O) groups is 1. The van der Waals surface area contributed by atoms with Crippen molar-refractivity contribution < 1.29 is 9.53 Å². The topological polar surface area (TPSA) is 26.3 Å². The summed E-state index contributed by atoms with van der Waals surface area (Å²) in [7, 11) is 0. The number of cyclic esters (lactones) is 1. The van der Waals surface area contributed by atoms with Gasteiger partial charge in [-0.1, -0.05) is 34.8 Å². The van der Waals surface area contributed by atoms with Crippen LogP contribution >= 0.6 is 34.8 Å². The third kappa shape index (κ3) is 1.30. The van der Waals surface area contributed by atoms with Crippen LogP contribution in [0.3, 0.4) is 0 Å². The molecule has 0 aliphatic carbocycles. The first-order valence-corrected chi connectivity index (χ1v) is 4.58. The number of rotatable bonds is 0. The minimum Gasteiger partial charge on any atom is -0.457 e. The van der Waals surface area contributed by atoms with Crippen LogP contribution in [0.25, 0.3) is 0 Å². The Bertz CT molecular complexity index is 401. The lowest BCUT2D eigenvalue weighted by molar-refractivity contribution is 0.0535. The van der Waals surface area contributed by atoms with E-state index >= 15 is 0 Å². The van der Waals surface area contributed by atoms with Crippen molar-refractivity contribution in [1.29, 1.82) is 0 Å². The highest BCUT2D eigenvalue weighted by atomic mass is 35.5. The van der Waals surface area contributed by atoms with Crippen LogP contribution in [-0.2, 0) is 11.3 Å². The zero-order valence-corrected chi connectivity index (χ0v) is 8.50. The lowest BCUT2D eigenvalue weighted by atomic mass is 10.1. The molecule has 0 spiro atoms. The lowest BCUT2D eigenvalue weighted by Gasteiger charge is -2.02. The largest absolute Gasteiger partial charge is 0.457 e. The molecule has 1 heterocycles. The molecule has 1 aliphatic rings. The van der Waals surface area contributed by atoms with Gasteiger partial charge in [-0.15, -0.1) is 0 Å². The van der Waals surface area contributed by atoms with Gasteiger partial charge in [-0.25, -0.2) is 4.79 Å². The van der Waals surface area contributed by atoms with Crippen molar-refractivity contribution in [2.24, 2.45) is 0 Å². The zero-order valence-electron chi connectivity index (χ0n) is 6.23. The Morgan fingerprint density at radius 2 is 1.92 bits per heavy atom. The fraction of sp³-hybridized carbons (Fsp3) is 0.125. The van der Waals surface area contributed by atoms with Crippen molar-refractivity contribution in [3.63, 3.8) is 0 Å². The van der Waals surface area contributed by atoms with E-state index in [9.17, 15) is 4.79 Å². The van der Waals surface area contributed by atoms with Crippen molar-refractivity contribution in [3.8, 4) is 0 Å². The van der Waals surface area contributed by atoms with Gasteiger partial charge < -0.3 is 4.74 Å². The molecule has 0 atom stereocenters. The normalized spacial score (nSPS) is 14.2. The zero-order chi connectivity index (χ0) is 9.59. The van der Waals surface area contributed by atoms with Gasteiger partial charge in [0.25, 0.3) is 0 Å². The van der Waals surface area contributed by atoms with Crippen molar-refractivity contribution in [3.05, 3.63) is 32.3 Å². The van der Waals surface area contributed by atoms with E-state index in [1.165, 1.54) is 6.07 Å². The fourth-order valence-corrected chi connectivity index (χ4v) is 1.99. The Morgan fingerprint density at radius 3 is 2.62 bits per heavy atom. The van der Waals surface area contributed by atoms with Gasteiger partial charge in [0.1, 0.15) is 6.61 Å². The number of halogens is 3. The second kappa shape index (κ2) is 3.05. The van der Waals surface area contributed by atoms with Gasteiger partial charge in [0.2, 0.25) is 0 Å². The molecule has 0 bridgehead atoms. The van der Waals surface area contributed by atoms with Gasteiger partial charge in [-0.3, -0.25) is 0 Å². The molecule has 2 rings (SSSR count). The number of hydrogen-bond donors (Lipinski definition) is 0. The van der Waals surface area contributed by atoms with Gasteiger partial charge in [0.05, 0.1) is 20.6 Å². The molecule has 0 N–H and O–H groups in total. The van der Waals surface area contributed by atoms with Crippen molar-refractivity contribution in [2.75, 3.05) is 0 Å². The molecule has 0 amide bonds. The Labute approximate surface area is 89.3 Å². The fourth-order valence-electron chi connectivity index (χ4n) is 1.21. The van der Waals surface area contributed by atoms with Crippen LogP contribution in [0.1, 0.15) is 15.9 Å². The first kappa shape index (κ1) is 9.13. The molecule has 2 nitrogen and oxygen atoms in total. The average molecular weight is 237 g/mol. The predicted molar refractivity (Wildman–Crippen MR) is 50.6 cm³/mol. The highest BCUT2D eigenvalue weighted by molar-refractivity contribution is 6.44. The molecule has 0 saturated carbocycles. The Kier molecular flexibility index (Phi) is 2.14. The SMILES string of the molecule is O=C1OCc2c(Cl)c(Cl)cc(Cl)c21. The van der Waals surface area contributed by atoms with Crippen LogP contribution in [-0.4, -0.2) is 5.97 Å². The molecule has 0 aromatic heterocycles. The summed E-state index contributed by atoms with van der Waals surface area (Å²) >= 11 is 17.4. The molecular formula is C8H3Cl3O2. The first-order valence-electron chi connectivity index (χ1n) is 3.44. The summed E-state index contributed by atoms with van der Waals surface area (Å²) in [4.78, 5) is 11.1. The van der Waals surface area contributed by atoms with E-state index < -0.39 is 5.97 Å². The second-order valence-corrected chi connectivity index (χ2v) is 3.78. The molecule has 68 valence electrons. The molecule has 0 unspecified atom stereocenters. The molecule has 0 radical (unpaired) electrons. The Hall–Kier alpha value is -0.440. The summed E-state index contributed by atoms with van der Waals surface area (Å²) < 4.78 is 4.77. The number of ether oxygens (including phenoxy) is 1. The quantitative estimate of drug-likeness (QED) is 0.511. The van der Waals surface area contributed by atoms with Crippen LogP contribution < -0.4 is 0 Å². The van der Waals surface area contributed by atoms with Gasteiger partial charge in [0, 0.05) is 5.56 Å². The number of hydrogen-bond acceptors (Lipinski definition) is 2. The highest BCUT2D eigenvalue weighted by Crippen LogP contribution is 2.37. The molecule has 13 heavy (non-hydrogen) atoms. The number of esters is 1. The maximum Gasteiger partial charge on any atom is 0.340 e. The minimum absolute atomic E-state index is 0.146. The van der Waals surface area contributed by atoms with E-state index in [0.29, 0.717) is 21.2 Å². The smallest absolute Gasteiger partial charge is 0.340 e. The van der Waals surface area contributed by atoms with Crippen LogP contribution in [0.4, 0.5) is 0 Å². The molecule has 1 aromatic carbocycles. The average Bonchev–Trinajstić information content (AvgIpc) is 2.44. The summed E-state index contributed by atoms with van der Waals surface area (Å²) in [5.74, 6) is -0.446. The highest BCUT2D eigenvalue weighted by Gasteiger charge is 2.28. The molecule has 0 saturated heterocycles. The van der Waals surface area contributed by atoms with E-state index in [0.717, 1.165) is 0 Å². The standard InChI is InChI=1S/C8H3Cl3O2/c9-4-1-5(10)7(11)3-2-13-8(12)6(3)4/h1H,2H2. The van der Waals surface area contributed by atoms with E-state index in [-0.39, 0.29) is 11.6 Å². The minimum atomic E-state index is -0.446. The second-order valence-electron chi connectivity index (χ2n) is 2.58. The predicted octanol–water partition coefficient (Wildman–Crippen LogP) is 3.32. The summed E-state index contributed by atoms with van der Waals surface area (Å²) in [6.45, 7) is 0.146. The summed E-state index contributed by atoms with van der Waals surface area (Å²) in [6, 6.07) is 1.44. The molecular weight excluding hydrogens is 234 g/mol. The Balaban J connectivity index is 2.76. The monoisotopic (exact) mass is 236 g/mol. The van der Waals surface area contributed by atoms with E-state index in [1.54, 1.807) is 0 Å². The molecule has 0 fully saturated rings. The third-order valence-electron chi connectivity index (χ3n) is 1.82. The van der Waals surface area contributed by atoms with E-state index in [1.807, 2.05) is 0 Å². The van der Waals surface area contributed by atoms with Crippen LogP contribution in [0, 0.1) is 0 Å². The maximum atomic E-state index is 11.1. The van der Waals surface area contributed by atoms with Crippen molar-refractivity contribution >= 4 is 40.8 Å². The number of benzene rings is 1. The molecule has 1 aromatic rings. The number of fused-ring (bicyclic) bond motifs is 1. The maximum absolute atomic E-state index is 11.1. The van der Waals surface area contributed by atoms with Gasteiger partial charge in [0.15, 0.2) is 0 Å². The van der Waals surface area contributed by atoms with E-state index in [4.69, 9.17) is 39.5 Å². The van der Waals surface area contributed by atoms with E-state index in [2.05, 4.69) is 0 Å². The van der Waals surface area contributed by atoms with Gasteiger partial charge in [-0.05, 0) is 6.07 Å². The Morgan fingerprint density at radius 1 is 1.23 bits per heavy atom. The summed E-state index contributed by atoms with van der Waals surface area (Å²) in [5, 5.41) is 0.961. The van der Waals surface area contributed by atoms with Crippen LogP contribution in [0.2, 0.25) is 15.1 Å². The van der Waals surface area contributed by atoms with Crippen molar-refractivity contribution in [2.45, 2.75) is 6.61 Å². The number of carbonyl (C=O) groups excluding carboxylic acids is 1.